The Kier molecular flexibility index (Phi) is 6.01. The number of aliphatic hydroxyl groups excluding tert-OH is 2. The van der Waals surface area contributed by atoms with Crippen molar-refractivity contribution in [1.82, 2.24) is 9.55 Å². The molecule has 2 rings (SSSR count). The number of esters is 1. The SMILES string of the molecule is N#C[C@@]1(n2ccc(N)nc2=O)OC(COC(=O)[C@H](N)CCCN)=C(O)C1O. The van der Waals surface area contributed by atoms with Crippen molar-refractivity contribution in [3.63, 3.8) is 0 Å². The second-order valence-corrected chi connectivity index (χ2v) is 5.77. The number of carbonyl (C=O) groups excluding carboxylic acids is 1. The highest BCUT2D eigenvalue weighted by molar-refractivity contribution is 5.75. The molecule has 1 aromatic rings. The number of ether oxygens (including phenoxy) is 2. The summed E-state index contributed by atoms with van der Waals surface area (Å²) in [6.45, 7) is -0.240. The predicted octanol–water partition coefficient (Wildman–Crippen LogP) is -2.23. The van der Waals surface area contributed by atoms with Gasteiger partial charge in [-0.05, 0) is 25.5 Å². The lowest BCUT2D eigenvalue weighted by Crippen LogP contribution is -2.48. The molecule has 27 heavy (non-hydrogen) atoms. The van der Waals surface area contributed by atoms with Crippen molar-refractivity contribution < 1.29 is 24.5 Å². The van der Waals surface area contributed by atoms with E-state index in [4.69, 9.17) is 26.7 Å². The topological polar surface area (TPSA) is 213 Å². The molecule has 0 aliphatic carbocycles. The van der Waals surface area contributed by atoms with E-state index in [1.54, 1.807) is 6.07 Å². The summed E-state index contributed by atoms with van der Waals surface area (Å²) in [6.07, 6.45) is -0.0184. The lowest BCUT2D eigenvalue weighted by Gasteiger charge is -2.26. The molecule has 3 atom stereocenters. The molecule has 0 saturated carbocycles. The summed E-state index contributed by atoms with van der Waals surface area (Å²) in [5, 5.41) is 29.8. The first kappa shape index (κ1) is 20.2. The predicted molar refractivity (Wildman–Crippen MR) is 90.5 cm³/mol. The fourth-order valence-corrected chi connectivity index (χ4v) is 2.42. The number of anilines is 1. The van der Waals surface area contributed by atoms with Crippen LogP contribution in [-0.2, 0) is 20.0 Å². The number of aliphatic hydroxyl groups is 2. The molecule has 8 N–H and O–H groups in total. The van der Waals surface area contributed by atoms with Gasteiger partial charge in [0.15, 0.2) is 24.2 Å². The lowest BCUT2D eigenvalue weighted by molar-refractivity contribution is -0.146. The fraction of sp³-hybridized carbons (Fsp3) is 0.467. The second kappa shape index (κ2) is 8.04. The van der Waals surface area contributed by atoms with E-state index in [0.29, 0.717) is 24.0 Å². The standard InChI is InChI=1S/C15H20N6O6/c16-4-1-2-8(18)13(24)26-6-9-11(22)12(23)15(7-17,27-9)21-5-3-10(19)20-14(21)25/h3,5,8,12,22-23H,1-2,4,6,16,18H2,(H2,19,20,25)/t8-,12?,15-/m1/s1. The van der Waals surface area contributed by atoms with E-state index in [0.717, 1.165) is 6.20 Å². The van der Waals surface area contributed by atoms with Crippen LogP contribution in [0.25, 0.3) is 0 Å². The van der Waals surface area contributed by atoms with E-state index >= 15 is 0 Å². The summed E-state index contributed by atoms with van der Waals surface area (Å²) in [5.41, 5.74) is 13.1. The van der Waals surface area contributed by atoms with Crippen molar-refractivity contribution >= 4 is 11.8 Å². The van der Waals surface area contributed by atoms with Crippen molar-refractivity contribution in [2.75, 3.05) is 18.9 Å². The molecule has 0 radical (unpaired) electrons. The van der Waals surface area contributed by atoms with Crippen molar-refractivity contribution in [3.8, 4) is 6.07 Å². The first-order valence-corrected chi connectivity index (χ1v) is 7.95. The Morgan fingerprint density at radius 1 is 1.59 bits per heavy atom. The fourth-order valence-electron chi connectivity index (χ4n) is 2.42. The van der Waals surface area contributed by atoms with E-state index < -0.39 is 47.7 Å². The summed E-state index contributed by atoms with van der Waals surface area (Å²) in [4.78, 5) is 27.3. The van der Waals surface area contributed by atoms with Crippen LogP contribution in [0.5, 0.6) is 0 Å². The highest BCUT2D eigenvalue weighted by Gasteiger charge is 2.53. The van der Waals surface area contributed by atoms with Gasteiger partial charge < -0.3 is 36.9 Å². The van der Waals surface area contributed by atoms with E-state index in [9.17, 15) is 25.1 Å². The zero-order valence-corrected chi connectivity index (χ0v) is 14.2. The molecule has 0 fully saturated rings. The van der Waals surface area contributed by atoms with E-state index in [1.807, 2.05) is 0 Å². The molecule has 0 amide bonds. The third-order valence-electron chi connectivity index (χ3n) is 3.90. The molecule has 2 heterocycles. The number of nitriles is 1. The molecular weight excluding hydrogens is 360 g/mol. The number of hydrogen-bond donors (Lipinski definition) is 5. The first-order chi connectivity index (χ1) is 12.8. The van der Waals surface area contributed by atoms with Crippen LogP contribution in [-0.4, -0.2) is 51.0 Å². The molecule has 0 spiro atoms. The molecular formula is C15H20N6O6. The van der Waals surface area contributed by atoms with Gasteiger partial charge in [0.25, 0.3) is 0 Å². The van der Waals surface area contributed by atoms with Crippen molar-refractivity contribution in [2.45, 2.75) is 30.7 Å². The normalized spacial score (nSPS) is 22.8. The van der Waals surface area contributed by atoms with Crippen molar-refractivity contribution in [2.24, 2.45) is 11.5 Å². The minimum absolute atomic E-state index is 0.102. The van der Waals surface area contributed by atoms with Gasteiger partial charge in [-0.15, -0.1) is 0 Å². The Bertz CT molecular complexity index is 846. The quantitative estimate of drug-likeness (QED) is 0.319. The van der Waals surface area contributed by atoms with Gasteiger partial charge in [-0.2, -0.15) is 10.2 Å². The van der Waals surface area contributed by atoms with Gasteiger partial charge in [-0.3, -0.25) is 4.79 Å². The van der Waals surface area contributed by atoms with Crippen LogP contribution in [0.15, 0.2) is 28.6 Å². The van der Waals surface area contributed by atoms with Crippen LogP contribution in [0.3, 0.4) is 0 Å². The zero-order chi connectivity index (χ0) is 20.2. The van der Waals surface area contributed by atoms with Crippen LogP contribution < -0.4 is 22.9 Å². The Morgan fingerprint density at radius 2 is 2.30 bits per heavy atom. The van der Waals surface area contributed by atoms with E-state index in [2.05, 4.69) is 4.98 Å². The Hall–Kier alpha value is -3.14. The molecule has 12 heteroatoms. The lowest BCUT2D eigenvalue weighted by atomic mass is 10.1. The van der Waals surface area contributed by atoms with Gasteiger partial charge in [0.05, 0.1) is 0 Å². The van der Waals surface area contributed by atoms with Crippen molar-refractivity contribution in [1.29, 1.82) is 5.26 Å². The van der Waals surface area contributed by atoms with Crippen LogP contribution in [0.2, 0.25) is 0 Å². The first-order valence-electron chi connectivity index (χ1n) is 7.95. The minimum atomic E-state index is -2.33. The number of carbonyl (C=O) groups is 1. The number of hydrogen-bond acceptors (Lipinski definition) is 11. The Morgan fingerprint density at radius 3 is 2.89 bits per heavy atom. The van der Waals surface area contributed by atoms with Crippen molar-refractivity contribution in [3.05, 3.63) is 34.3 Å². The largest absolute Gasteiger partial charge is 0.506 e. The average Bonchev–Trinajstić information content (AvgIpc) is 2.89. The molecule has 0 aromatic carbocycles. The number of aromatic nitrogens is 2. The van der Waals surface area contributed by atoms with Crippen LogP contribution >= 0.6 is 0 Å². The zero-order valence-electron chi connectivity index (χ0n) is 14.2. The number of nitrogen functional groups attached to an aromatic ring is 1. The smallest absolute Gasteiger partial charge is 0.353 e. The van der Waals surface area contributed by atoms with E-state index in [-0.39, 0.29) is 5.82 Å². The monoisotopic (exact) mass is 380 g/mol. The molecule has 0 saturated heterocycles. The molecule has 0 bridgehead atoms. The van der Waals surface area contributed by atoms with Gasteiger partial charge in [-0.1, -0.05) is 0 Å². The highest BCUT2D eigenvalue weighted by atomic mass is 16.6. The van der Waals surface area contributed by atoms with Gasteiger partial charge >= 0.3 is 17.4 Å². The highest BCUT2D eigenvalue weighted by Crippen LogP contribution is 2.36. The van der Waals surface area contributed by atoms with Crippen LogP contribution in [0, 0.1) is 11.3 Å². The Balaban J connectivity index is 2.18. The van der Waals surface area contributed by atoms with Gasteiger partial charge in [0.2, 0.25) is 0 Å². The number of nitrogens with two attached hydrogens (primary N) is 3. The van der Waals surface area contributed by atoms with Gasteiger partial charge in [0.1, 0.15) is 17.9 Å². The molecule has 12 nitrogen and oxygen atoms in total. The number of rotatable bonds is 7. The summed E-state index contributed by atoms with van der Waals surface area (Å²) >= 11 is 0. The van der Waals surface area contributed by atoms with Crippen LogP contribution in [0.1, 0.15) is 12.8 Å². The summed E-state index contributed by atoms with van der Waals surface area (Å²) in [7, 11) is 0. The molecule has 1 aromatic heterocycles. The second-order valence-electron chi connectivity index (χ2n) is 5.77. The molecule has 1 unspecified atom stereocenters. The van der Waals surface area contributed by atoms with Gasteiger partial charge in [0, 0.05) is 6.20 Å². The van der Waals surface area contributed by atoms with Crippen LogP contribution in [0.4, 0.5) is 5.82 Å². The third kappa shape index (κ3) is 3.85. The molecule has 1 aliphatic heterocycles. The third-order valence-corrected chi connectivity index (χ3v) is 3.90. The maximum Gasteiger partial charge on any atom is 0.353 e. The summed E-state index contributed by atoms with van der Waals surface area (Å²) in [6, 6.07) is 1.92. The number of nitrogens with zero attached hydrogens (tertiary/aromatic N) is 3. The van der Waals surface area contributed by atoms with E-state index in [1.165, 1.54) is 6.07 Å². The van der Waals surface area contributed by atoms with Gasteiger partial charge in [-0.25, -0.2) is 9.36 Å². The Labute approximate surface area is 153 Å². The average molecular weight is 380 g/mol. The minimum Gasteiger partial charge on any atom is -0.506 e. The molecule has 146 valence electrons. The summed E-state index contributed by atoms with van der Waals surface area (Å²) < 4.78 is 10.9. The summed E-state index contributed by atoms with van der Waals surface area (Å²) in [5.74, 6) is -2.03. The molecule has 1 aliphatic rings. The maximum absolute atomic E-state index is 12.0. The maximum atomic E-state index is 12.0.